The van der Waals surface area contributed by atoms with Crippen molar-refractivity contribution in [2.24, 2.45) is 0 Å². The van der Waals surface area contributed by atoms with Crippen LogP contribution in [0.1, 0.15) is 0 Å². The molecule has 1 amide bonds. The van der Waals surface area contributed by atoms with Crippen LogP contribution in [0, 0.1) is 10.1 Å². The number of carbonyl (C=O) groups excluding carboxylic acids is 1. The summed E-state index contributed by atoms with van der Waals surface area (Å²) in [5.74, 6) is -0.123. The zero-order valence-electron chi connectivity index (χ0n) is 12.4. The van der Waals surface area contributed by atoms with Gasteiger partial charge in [0.05, 0.1) is 10.6 Å². The van der Waals surface area contributed by atoms with Crippen LogP contribution in [0.3, 0.4) is 0 Å². The van der Waals surface area contributed by atoms with Crippen LogP contribution in [-0.2, 0) is 4.79 Å². The molecule has 3 rings (SSSR count). The standard InChI is InChI=1S/C16H13N3O3S2/c20-15-14(10-17-11-4-2-1-3-5-11)24-16(23)18(15)12-6-8-13(9-7-12)19(21)22/h1-9,14,17H,10H2. The number of anilines is 2. The molecule has 8 heteroatoms. The lowest BCUT2D eigenvalue weighted by Crippen LogP contribution is -2.33. The molecule has 1 heterocycles. The van der Waals surface area contributed by atoms with E-state index in [2.05, 4.69) is 5.32 Å². The van der Waals surface area contributed by atoms with Gasteiger partial charge < -0.3 is 5.32 Å². The molecule has 0 bridgehead atoms. The van der Waals surface area contributed by atoms with Crippen LogP contribution in [0.25, 0.3) is 0 Å². The number of carbonyl (C=O) groups is 1. The molecule has 0 aromatic heterocycles. The molecule has 1 aliphatic heterocycles. The van der Waals surface area contributed by atoms with E-state index in [1.165, 1.54) is 40.9 Å². The number of benzene rings is 2. The van der Waals surface area contributed by atoms with Gasteiger partial charge in [-0.1, -0.05) is 42.2 Å². The van der Waals surface area contributed by atoms with E-state index >= 15 is 0 Å². The second-order valence-corrected chi connectivity index (χ2v) is 6.90. The molecule has 6 nitrogen and oxygen atoms in total. The van der Waals surface area contributed by atoms with Gasteiger partial charge in [-0.05, 0) is 24.3 Å². The van der Waals surface area contributed by atoms with Gasteiger partial charge in [0.1, 0.15) is 9.57 Å². The fraction of sp³-hybridized carbons (Fsp3) is 0.125. The maximum absolute atomic E-state index is 12.6. The first-order valence-electron chi connectivity index (χ1n) is 7.14. The van der Waals surface area contributed by atoms with Gasteiger partial charge in [-0.25, -0.2) is 0 Å². The summed E-state index contributed by atoms with van der Waals surface area (Å²) in [6.45, 7) is 0.455. The summed E-state index contributed by atoms with van der Waals surface area (Å²) in [4.78, 5) is 24.3. The van der Waals surface area contributed by atoms with E-state index in [-0.39, 0.29) is 16.8 Å². The van der Waals surface area contributed by atoms with E-state index in [9.17, 15) is 14.9 Å². The number of amides is 1. The second-order valence-electron chi connectivity index (χ2n) is 5.07. The van der Waals surface area contributed by atoms with Crippen LogP contribution in [0.15, 0.2) is 54.6 Å². The molecule has 2 aromatic rings. The molecular formula is C16H13N3O3S2. The summed E-state index contributed by atoms with van der Waals surface area (Å²) >= 11 is 6.62. The lowest BCUT2D eigenvalue weighted by Gasteiger charge is -2.15. The lowest BCUT2D eigenvalue weighted by molar-refractivity contribution is -0.384. The summed E-state index contributed by atoms with van der Waals surface area (Å²) in [5, 5.41) is 13.6. The number of non-ortho nitro benzene ring substituents is 1. The average molecular weight is 359 g/mol. The Bertz CT molecular complexity index is 781. The van der Waals surface area contributed by atoms with E-state index in [1.54, 1.807) is 0 Å². The maximum atomic E-state index is 12.6. The number of nitro groups is 1. The molecule has 0 aliphatic carbocycles. The first-order valence-corrected chi connectivity index (χ1v) is 8.43. The van der Waals surface area contributed by atoms with Crippen molar-refractivity contribution in [2.75, 3.05) is 16.8 Å². The number of nitro benzene ring substituents is 1. The SMILES string of the molecule is O=C1C(CNc2ccccc2)SC(=S)N1c1ccc([N+](=O)[O-])cc1. The predicted molar refractivity (Wildman–Crippen MR) is 99.5 cm³/mol. The second kappa shape index (κ2) is 6.98. The Hall–Kier alpha value is -2.45. The minimum atomic E-state index is -0.477. The third kappa shape index (κ3) is 3.39. The molecule has 24 heavy (non-hydrogen) atoms. The summed E-state index contributed by atoms with van der Waals surface area (Å²) in [6, 6.07) is 15.4. The van der Waals surface area contributed by atoms with E-state index in [0.29, 0.717) is 16.6 Å². The Labute approximate surface area is 148 Å². The van der Waals surface area contributed by atoms with E-state index in [1.807, 2.05) is 30.3 Å². The Morgan fingerprint density at radius 1 is 1.17 bits per heavy atom. The van der Waals surface area contributed by atoms with Crippen molar-refractivity contribution in [1.82, 2.24) is 0 Å². The quantitative estimate of drug-likeness (QED) is 0.501. The summed E-state index contributed by atoms with van der Waals surface area (Å²) < 4.78 is 0.453. The number of rotatable bonds is 5. The van der Waals surface area contributed by atoms with Crippen LogP contribution in [0.4, 0.5) is 17.1 Å². The molecular weight excluding hydrogens is 346 g/mol. The van der Waals surface area contributed by atoms with Crippen LogP contribution >= 0.6 is 24.0 Å². The molecule has 1 N–H and O–H groups in total. The van der Waals surface area contributed by atoms with Crippen molar-refractivity contribution in [2.45, 2.75) is 5.25 Å². The van der Waals surface area contributed by atoms with E-state index in [0.717, 1.165) is 5.69 Å². The molecule has 1 aliphatic rings. The Morgan fingerprint density at radius 3 is 2.46 bits per heavy atom. The van der Waals surface area contributed by atoms with Crippen LogP contribution in [0.2, 0.25) is 0 Å². The van der Waals surface area contributed by atoms with Crippen LogP contribution < -0.4 is 10.2 Å². The third-order valence-corrected chi connectivity index (χ3v) is 5.01. The van der Waals surface area contributed by atoms with Crippen molar-refractivity contribution in [3.8, 4) is 0 Å². The van der Waals surface area contributed by atoms with Gasteiger partial charge >= 0.3 is 0 Å². The van der Waals surface area contributed by atoms with Gasteiger partial charge in [-0.3, -0.25) is 19.8 Å². The molecule has 1 fully saturated rings. The Balaban J connectivity index is 1.70. The largest absolute Gasteiger partial charge is 0.383 e. The van der Waals surface area contributed by atoms with Crippen LogP contribution in [0.5, 0.6) is 0 Å². The zero-order chi connectivity index (χ0) is 17.1. The summed E-state index contributed by atoms with van der Waals surface area (Å²) in [5.41, 5.74) is 1.46. The number of nitrogens with zero attached hydrogens (tertiary/aromatic N) is 2. The topological polar surface area (TPSA) is 75.5 Å². The van der Waals surface area contributed by atoms with Gasteiger partial charge in [-0.2, -0.15) is 0 Å². The van der Waals surface area contributed by atoms with Crippen LogP contribution in [-0.4, -0.2) is 26.9 Å². The van der Waals surface area contributed by atoms with E-state index in [4.69, 9.17) is 12.2 Å². The van der Waals surface area contributed by atoms with Gasteiger partial charge in [0.25, 0.3) is 5.69 Å². The average Bonchev–Trinajstić information content (AvgIpc) is 2.88. The first-order chi connectivity index (χ1) is 11.6. The fourth-order valence-corrected chi connectivity index (χ4v) is 3.77. The highest BCUT2D eigenvalue weighted by Gasteiger charge is 2.37. The number of para-hydroxylation sites is 1. The highest BCUT2D eigenvalue weighted by atomic mass is 32.2. The maximum Gasteiger partial charge on any atom is 0.269 e. The van der Waals surface area contributed by atoms with Gasteiger partial charge in [0.2, 0.25) is 5.91 Å². The highest BCUT2D eigenvalue weighted by Crippen LogP contribution is 2.33. The van der Waals surface area contributed by atoms with Crippen molar-refractivity contribution in [1.29, 1.82) is 0 Å². The normalized spacial score (nSPS) is 17.2. The van der Waals surface area contributed by atoms with Crippen molar-refractivity contribution in [3.05, 3.63) is 64.7 Å². The van der Waals surface area contributed by atoms with Gasteiger partial charge in [0.15, 0.2) is 0 Å². The third-order valence-electron chi connectivity index (χ3n) is 3.51. The lowest BCUT2D eigenvalue weighted by atomic mass is 10.2. The number of thiocarbonyl (C=S) groups is 1. The zero-order valence-corrected chi connectivity index (χ0v) is 14.0. The molecule has 1 unspecified atom stereocenters. The predicted octanol–water partition coefficient (Wildman–Crippen LogP) is 3.44. The minimum absolute atomic E-state index is 0.0220. The number of hydrogen-bond acceptors (Lipinski definition) is 6. The first kappa shape index (κ1) is 16.4. The molecule has 0 radical (unpaired) electrons. The number of nitrogens with one attached hydrogen (secondary N) is 1. The molecule has 1 atom stereocenters. The minimum Gasteiger partial charge on any atom is -0.383 e. The van der Waals surface area contributed by atoms with Crippen molar-refractivity contribution < 1.29 is 9.72 Å². The summed E-state index contributed by atoms with van der Waals surface area (Å²) in [6.07, 6.45) is 0. The molecule has 0 spiro atoms. The smallest absolute Gasteiger partial charge is 0.269 e. The summed E-state index contributed by atoms with van der Waals surface area (Å²) in [7, 11) is 0. The van der Waals surface area contributed by atoms with Gasteiger partial charge in [-0.15, -0.1) is 0 Å². The van der Waals surface area contributed by atoms with Crippen molar-refractivity contribution >= 4 is 51.3 Å². The Morgan fingerprint density at radius 2 is 1.83 bits per heavy atom. The molecule has 2 aromatic carbocycles. The Kier molecular flexibility index (Phi) is 4.77. The van der Waals surface area contributed by atoms with E-state index < -0.39 is 4.92 Å². The monoisotopic (exact) mass is 359 g/mol. The van der Waals surface area contributed by atoms with Crippen molar-refractivity contribution in [3.63, 3.8) is 0 Å². The number of hydrogen-bond donors (Lipinski definition) is 1. The fourth-order valence-electron chi connectivity index (χ4n) is 2.31. The highest BCUT2D eigenvalue weighted by molar-refractivity contribution is 8.25. The molecule has 122 valence electrons. The van der Waals surface area contributed by atoms with Gasteiger partial charge in [0, 0.05) is 24.4 Å². The molecule has 1 saturated heterocycles. The number of thioether (sulfide) groups is 1. The molecule has 0 saturated carbocycles.